The lowest BCUT2D eigenvalue weighted by Gasteiger charge is -2.32. The van der Waals surface area contributed by atoms with Gasteiger partial charge in [-0.15, -0.1) is 0 Å². The monoisotopic (exact) mass is 532 g/mol. The lowest BCUT2D eigenvalue weighted by Crippen LogP contribution is -2.41. The van der Waals surface area contributed by atoms with Gasteiger partial charge in [-0.05, 0) is 111 Å². The van der Waals surface area contributed by atoms with Crippen molar-refractivity contribution in [2.75, 3.05) is 0 Å². The van der Waals surface area contributed by atoms with Crippen LogP contribution in [0, 0.1) is 0 Å². The SMILES string of the molecule is CC1(C)OB(c2ccc(-c3cc4ccccc4cc3-c3ccc(B4OC(C)(C)C(C)(C)O4)cc3)cc2)OC1(C)C. The van der Waals surface area contributed by atoms with Crippen LogP contribution in [0.15, 0.2) is 84.9 Å². The van der Waals surface area contributed by atoms with E-state index in [1.165, 1.54) is 21.9 Å². The third-order valence-electron chi connectivity index (χ3n) is 9.38. The summed E-state index contributed by atoms with van der Waals surface area (Å²) >= 11 is 0. The summed E-state index contributed by atoms with van der Waals surface area (Å²) in [6.45, 7) is 16.7. The molecular formula is C34H38B2O4. The summed E-state index contributed by atoms with van der Waals surface area (Å²) in [6.07, 6.45) is 0. The number of hydrogen-bond acceptors (Lipinski definition) is 4. The van der Waals surface area contributed by atoms with Gasteiger partial charge in [0.1, 0.15) is 0 Å². The van der Waals surface area contributed by atoms with E-state index in [0.717, 1.165) is 22.1 Å². The summed E-state index contributed by atoms with van der Waals surface area (Å²) in [5.74, 6) is 0. The van der Waals surface area contributed by atoms with Crippen LogP contribution in [0.1, 0.15) is 55.4 Å². The van der Waals surface area contributed by atoms with Gasteiger partial charge in [0, 0.05) is 0 Å². The van der Waals surface area contributed by atoms with Crippen molar-refractivity contribution < 1.29 is 18.6 Å². The molecule has 2 saturated heterocycles. The van der Waals surface area contributed by atoms with Crippen molar-refractivity contribution in [1.29, 1.82) is 0 Å². The van der Waals surface area contributed by atoms with Gasteiger partial charge in [0.15, 0.2) is 0 Å². The highest BCUT2D eigenvalue weighted by Crippen LogP contribution is 2.39. The lowest BCUT2D eigenvalue weighted by molar-refractivity contribution is 0.00578. The van der Waals surface area contributed by atoms with Gasteiger partial charge in [-0.25, -0.2) is 0 Å². The molecule has 40 heavy (non-hydrogen) atoms. The Morgan fingerprint density at radius 1 is 0.425 bits per heavy atom. The number of fused-ring (bicyclic) bond motifs is 1. The van der Waals surface area contributed by atoms with Crippen molar-refractivity contribution in [2.45, 2.75) is 77.8 Å². The largest absolute Gasteiger partial charge is 0.494 e. The van der Waals surface area contributed by atoms with Gasteiger partial charge < -0.3 is 18.6 Å². The number of hydrogen-bond donors (Lipinski definition) is 0. The predicted octanol–water partition coefficient (Wildman–Crippen LogP) is 6.77. The quantitative estimate of drug-likeness (QED) is 0.272. The molecule has 0 saturated carbocycles. The fourth-order valence-corrected chi connectivity index (χ4v) is 5.32. The highest BCUT2D eigenvalue weighted by atomic mass is 16.7. The Morgan fingerprint density at radius 2 is 0.725 bits per heavy atom. The molecule has 0 aromatic heterocycles. The molecule has 0 unspecified atom stereocenters. The maximum atomic E-state index is 6.28. The van der Waals surface area contributed by atoms with Gasteiger partial charge in [0.25, 0.3) is 0 Å². The van der Waals surface area contributed by atoms with E-state index in [4.69, 9.17) is 18.6 Å². The van der Waals surface area contributed by atoms with E-state index < -0.39 is 0 Å². The first kappa shape index (κ1) is 27.3. The molecule has 0 bridgehead atoms. The van der Waals surface area contributed by atoms with E-state index in [1.54, 1.807) is 0 Å². The van der Waals surface area contributed by atoms with Crippen LogP contribution in [0.2, 0.25) is 0 Å². The second kappa shape index (κ2) is 9.32. The normalized spacial score (nSPS) is 20.8. The van der Waals surface area contributed by atoms with Crippen molar-refractivity contribution in [3.05, 3.63) is 84.9 Å². The Morgan fingerprint density at radius 3 is 1.02 bits per heavy atom. The Bertz CT molecular complexity index is 1410. The molecule has 4 nitrogen and oxygen atoms in total. The molecular weight excluding hydrogens is 494 g/mol. The van der Waals surface area contributed by atoms with Gasteiger partial charge in [0.05, 0.1) is 22.4 Å². The molecule has 0 N–H and O–H groups in total. The first-order valence-corrected chi connectivity index (χ1v) is 14.2. The molecule has 4 aromatic carbocycles. The van der Waals surface area contributed by atoms with Crippen molar-refractivity contribution in [3.63, 3.8) is 0 Å². The Labute approximate surface area is 239 Å². The molecule has 2 aliphatic rings. The summed E-state index contributed by atoms with van der Waals surface area (Å²) in [4.78, 5) is 0. The third-order valence-corrected chi connectivity index (χ3v) is 9.38. The Hall–Kier alpha value is -2.89. The molecule has 6 rings (SSSR count). The standard InChI is InChI=1S/C34H38B2O4/c1-31(2)32(3,4)38-35(37-31)27-17-13-23(14-18-27)29-21-25-11-9-10-12-26(25)22-30(29)24-15-19-28(20-16-24)36-39-33(5,6)34(7,8)40-36/h9-22H,1-8H3. The van der Waals surface area contributed by atoms with Gasteiger partial charge in [-0.2, -0.15) is 0 Å². The van der Waals surface area contributed by atoms with Crippen molar-refractivity contribution in [3.8, 4) is 22.3 Å². The minimum absolute atomic E-state index is 0.367. The second-order valence-corrected chi connectivity index (χ2v) is 13.2. The molecule has 0 aliphatic carbocycles. The Kier molecular flexibility index (Phi) is 6.36. The van der Waals surface area contributed by atoms with E-state index in [-0.39, 0.29) is 36.6 Å². The van der Waals surface area contributed by atoms with Crippen molar-refractivity contribution >= 4 is 35.9 Å². The van der Waals surface area contributed by atoms with Gasteiger partial charge in [-0.3, -0.25) is 0 Å². The zero-order valence-corrected chi connectivity index (χ0v) is 24.9. The highest BCUT2D eigenvalue weighted by molar-refractivity contribution is 6.62. The van der Waals surface area contributed by atoms with Crippen LogP contribution in [-0.4, -0.2) is 36.6 Å². The molecule has 2 aliphatic heterocycles. The highest BCUT2D eigenvalue weighted by Gasteiger charge is 2.52. The van der Waals surface area contributed by atoms with Crippen LogP contribution in [-0.2, 0) is 18.6 Å². The molecule has 2 heterocycles. The van der Waals surface area contributed by atoms with Crippen LogP contribution >= 0.6 is 0 Å². The van der Waals surface area contributed by atoms with Gasteiger partial charge in [-0.1, -0.05) is 72.8 Å². The number of benzene rings is 4. The fourth-order valence-electron chi connectivity index (χ4n) is 5.32. The number of rotatable bonds is 4. The van der Waals surface area contributed by atoms with E-state index >= 15 is 0 Å². The summed E-state index contributed by atoms with van der Waals surface area (Å²) in [6, 6.07) is 30.3. The van der Waals surface area contributed by atoms with Crippen LogP contribution in [0.3, 0.4) is 0 Å². The molecule has 0 spiro atoms. The predicted molar refractivity (Wildman–Crippen MR) is 166 cm³/mol. The maximum Gasteiger partial charge on any atom is 0.494 e. The molecule has 2 fully saturated rings. The summed E-state index contributed by atoms with van der Waals surface area (Å²) in [7, 11) is -0.754. The van der Waals surface area contributed by atoms with Gasteiger partial charge in [0.2, 0.25) is 0 Å². The van der Waals surface area contributed by atoms with Crippen molar-refractivity contribution in [1.82, 2.24) is 0 Å². The summed E-state index contributed by atoms with van der Waals surface area (Å²) in [5, 5.41) is 2.43. The molecule has 6 heteroatoms. The van der Waals surface area contributed by atoms with Crippen molar-refractivity contribution in [2.24, 2.45) is 0 Å². The fraction of sp³-hybridized carbons (Fsp3) is 0.353. The first-order chi connectivity index (χ1) is 18.8. The zero-order valence-electron chi connectivity index (χ0n) is 24.9. The van der Waals surface area contributed by atoms with Crippen LogP contribution in [0.5, 0.6) is 0 Å². The summed E-state index contributed by atoms with van der Waals surface area (Å²) < 4.78 is 25.1. The molecule has 0 radical (unpaired) electrons. The van der Waals surface area contributed by atoms with Crippen LogP contribution < -0.4 is 10.9 Å². The van der Waals surface area contributed by atoms with E-state index in [1.807, 2.05) is 0 Å². The minimum Gasteiger partial charge on any atom is -0.399 e. The topological polar surface area (TPSA) is 36.9 Å². The van der Waals surface area contributed by atoms with E-state index in [0.29, 0.717) is 0 Å². The average Bonchev–Trinajstić information content (AvgIpc) is 3.27. The molecule has 0 atom stereocenters. The Balaban J connectivity index is 1.35. The molecule has 0 amide bonds. The average molecular weight is 532 g/mol. The molecule has 204 valence electrons. The van der Waals surface area contributed by atoms with Gasteiger partial charge >= 0.3 is 14.2 Å². The smallest absolute Gasteiger partial charge is 0.399 e. The molecule has 4 aromatic rings. The first-order valence-electron chi connectivity index (χ1n) is 14.2. The summed E-state index contributed by atoms with van der Waals surface area (Å²) in [5.41, 5.74) is 5.25. The lowest BCUT2D eigenvalue weighted by atomic mass is 9.77. The third kappa shape index (κ3) is 4.61. The zero-order chi connectivity index (χ0) is 28.5. The van der Waals surface area contributed by atoms with E-state index in [9.17, 15) is 0 Å². The maximum absolute atomic E-state index is 6.28. The van der Waals surface area contributed by atoms with E-state index in [2.05, 4.69) is 140 Å². The van der Waals surface area contributed by atoms with Crippen LogP contribution in [0.4, 0.5) is 0 Å². The minimum atomic E-state index is -0.377. The van der Waals surface area contributed by atoms with Crippen LogP contribution in [0.25, 0.3) is 33.0 Å². The second-order valence-electron chi connectivity index (χ2n) is 13.2.